The number of unbranched alkanes of at least 4 members (excludes halogenated alkanes) is 1. The van der Waals surface area contributed by atoms with Crippen LogP contribution in [0.3, 0.4) is 0 Å². The summed E-state index contributed by atoms with van der Waals surface area (Å²) < 4.78 is 0. The molecule has 3 heteroatoms. The van der Waals surface area contributed by atoms with Crippen molar-refractivity contribution in [1.29, 1.82) is 0 Å². The second-order valence-corrected chi connectivity index (χ2v) is 1.50. The number of hydrogen-bond donors (Lipinski definition) is 1. The Morgan fingerprint density at radius 3 is 2.25 bits per heavy atom. The molecule has 0 aliphatic rings. The summed E-state index contributed by atoms with van der Waals surface area (Å²) >= 11 is 0. The third-order valence-electron chi connectivity index (χ3n) is 0.744. The van der Waals surface area contributed by atoms with Crippen molar-refractivity contribution < 1.29 is 29.4 Å². The third-order valence-corrected chi connectivity index (χ3v) is 0.744. The number of carboxylic acids is 1. The number of carbonyl (C=O) groups is 1. The molecule has 49 valence electrons. The van der Waals surface area contributed by atoms with Gasteiger partial charge in [0.05, 0.1) is 0 Å². The van der Waals surface area contributed by atoms with E-state index in [0.717, 1.165) is 12.8 Å². The van der Waals surface area contributed by atoms with Gasteiger partial charge < -0.3 is 5.11 Å². The molecule has 0 rings (SSSR count). The van der Waals surface area contributed by atoms with Gasteiger partial charge in [0.15, 0.2) is 0 Å². The summed E-state index contributed by atoms with van der Waals surface area (Å²) in [5, 5.41) is 8.04. The van der Waals surface area contributed by atoms with Crippen LogP contribution in [0.25, 0.3) is 0 Å². The maximum atomic E-state index is 9.76. The molecule has 0 saturated heterocycles. The molecule has 0 saturated carbocycles. The van der Waals surface area contributed by atoms with Gasteiger partial charge in [0.1, 0.15) is 0 Å². The van der Waals surface area contributed by atoms with Crippen molar-refractivity contribution in [3.63, 3.8) is 0 Å². The summed E-state index contributed by atoms with van der Waals surface area (Å²) in [6.45, 7) is 1.98. The van der Waals surface area contributed by atoms with E-state index in [2.05, 4.69) is 0 Å². The van der Waals surface area contributed by atoms with E-state index in [4.69, 9.17) is 5.11 Å². The van der Waals surface area contributed by atoms with Gasteiger partial charge in [-0.25, -0.2) is 0 Å². The molecule has 2 nitrogen and oxygen atoms in total. The van der Waals surface area contributed by atoms with Crippen LogP contribution in [0.5, 0.6) is 0 Å². The summed E-state index contributed by atoms with van der Waals surface area (Å²) in [6.07, 6.45) is 2.08. The van der Waals surface area contributed by atoms with Crippen molar-refractivity contribution in [1.82, 2.24) is 0 Å². The van der Waals surface area contributed by atoms with Gasteiger partial charge in [-0.2, -0.15) is 0 Å². The van der Waals surface area contributed by atoms with Crippen LogP contribution >= 0.6 is 0 Å². The zero-order valence-corrected chi connectivity index (χ0v) is 6.45. The Hall–Kier alpha value is 0.0934. The first-order valence-electron chi connectivity index (χ1n) is 2.49. The van der Waals surface area contributed by atoms with E-state index in [0.29, 0.717) is 6.42 Å². The molecular weight excluding hydrogens is 195 g/mol. The molecule has 0 unspecified atom stereocenters. The fourth-order valence-electron chi connectivity index (χ4n) is 0.328. The average molecular weight is 205 g/mol. The van der Waals surface area contributed by atoms with Crippen molar-refractivity contribution in [2.24, 2.45) is 0 Å². The summed E-state index contributed by atoms with van der Waals surface area (Å²) in [6, 6.07) is 0. The normalized spacial score (nSPS) is 7.62. The van der Waals surface area contributed by atoms with E-state index in [-0.39, 0.29) is 19.5 Å². The minimum absolute atomic E-state index is 0. The standard InChI is InChI=1S/C5H10O2.Rh/c1-2-3-4-5(6)7;/h2-4H2,1H3,(H,6,7);/q;+2. The molecule has 0 fully saturated rings. The average Bonchev–Trinajstić information content (AvgIpc) is 1.61. The van der Waals surface area contributed by atoms with Gasteiger partial charge in [-0.15, -0.1) is 0 Å². The molecular formula is C5H10O2Rh+2. The maximum absolute atomic E-state index is 9.76. The number of hydrogen-bond acceptors (Lipinski definition) is 1. The zero-order chi connectivity index (χ0) is 5.70. The van der Waals surface area contributed by atoms with Crippen molar-refractivity contribution in [2.75, 3.05) is 0 Å². The van der Waals surface area contributed by atoms with Gasteiger partial charge in [-0.1, -0.05) is 13.3 Å². The van der Waals surface area contributed by atoms with Crippen LogP contribution < -0.4 is 0 Å². The maximum Gasteiger partial charge on any atom is 2.00 e. The summed E-state index contributed by atoms with van der Waals surface area (Å²) in [5.74, 6) is -0.693. The summed E-state index contributed by atoms with van der Waals surface area (Å²) in [5.41, 5.74) is 0. The molecule has 0 atom stereocenters. The molecule has 0 aliphatic carbocycles. The van der Waals surface area contributed by atoms with Gasteiger partial charge in [0.25, 0.3) is 0 Å². The predicted octanol–water partition coefficient (Wildman–Crippen LogP) is 1.26. The molecule has 1 radical (unpaired) electrons. The molecule has 8 heavy (non-hydrogen) atoms. The van der Waals surface area contributed by atoms with Crippen LogP contribution in [-0.4, -0.2) is 11.1 Å². The Morgan fingerprint density at radius 1 is 1.62 bits per heavy atom. The second kappa shape index (κ2) is 7.09. The Bertz CT molecular complexity index is 63.4. The van der Waals surface area contributed by atoms with Gasteiger partial charge in [0, 0.05) is 6.42 Å². The van der Waals surface area contributed by atoms with Crippen LogP contribution in [-0.2, 0) is 24.3 Å². The van der Waals surface area contributed by atoms with Crippen molar-refractivity contribution in [3.8, 4) is 0 Å². The number of aliphatic carboxylic acids is 1. The number of carboxylic acid groups (broad SMARTS) is 1. The largest absolute Gasteiger partial charge is 2.00 e. The fraction of sp³-hybridized carbons (Fsp3) is 0.800. The van der Waals surface area contributed by atoms with Crippen molar-refractivity contribution >= 4 is 5.97 Å². The molecule has 0 aromatic rings. The molecule has 0 aromatic heterocycles. The summed E-state index contributed by atoms with van der Waals surface area (Å²) in [7, 11) is 0. The Kier molecular flexibility index (Phi) is 9.72. The van der Waals surface area contributed by atoms with E-state index in [1.807, 2.05) is 6.92 Å². The van der Waals surface area contributed by atoms with E-state index in [1.165, 1.54) is 0 Å². The topological polar surface area (TPSA) is 37.3 Å². The van der Waals surface area contributed by atoms with E-state index >= 15 is 0 Å². The first kappa shape index (κ1) is 11.0. The van der Waals surface area contributed by atoms with Crippen LogP contribution in [0.2, 0.25) is 0 Å². The number of rotatable bonds is 3. The van der Waals surface area contributed by atoms with Crippen LogP contribution in [0.4, 0.5) is 0 Å². The molecule has 0 spiro atoms. The van der Waals surface area contributed by atoms with Gasteiger partial charge in [-0.3, -0.25) is 4.79 Å². The van der Waals surface area contributed by atoms with Crippen molar-refractivity contribution in [3.05, 3.63) is 0 Å². The van der Waals surface area contributed by atoms with E-state index < -0.39 is 5.97 Å². The third kappa shape index (κ3) is 9.43. The van der Waals surface area contributed by atoms with Gasteiger partial charge in [0.2, 0.25) is 0 Å². The molecule has 0 bridgehead atoms. The Balaban J connectivity index is 0. The minimum atomic E-state index is -0.693. The SMILES string of the molecule is CCCCC(=O)O.[Rh+2]. The van der Waals surface area contributed by atoms with Crippen molar-refractivity contribution in [2.45, 2.75) is 26.2 Å². The van der Waals surface area contributed by atoms with Gasteiger partial charge >= 0.3 is 25.4 Å². The monoisotopic (exact) mass is 205 g/mol. The summed E-state index contributed by atoms with van der Waals surface area (Å²) in [4.78, 5) is 9.76. The zero-order valence-electron chi connectivity index (χ0n) is 4.81. The van der Waals surface area contributed by atoms with E-state index in [1.54, 1.807) is 0 Å². The first-order valence-corrected chi connectivity index (χ1v) is 2.49. The van der Waals surface area contributed by atoms with Crippen LogP contribution in [0, 0.1) is 0 Å². The minimum Gasteiger partial charge on any atom is -0.481 e. The molecule has 0 aliphatic heterocycles. The molecule has 0 aromatic carbocycles. The fourth-order valence-corrected chi connectivity index (χ4v) is 0.328. The Labute approximate surface area is 62.0 Å². The van der Waals surface area contributed by atoms with Gasteiger partial charge in [-0.05, 0) is 6.42 Å². The smallest absolute Gasteiger partial charge is 0.481 e. The van der Waals surface area contributed by atoms with Crippen LogP contribution in [0.1, 0.15) is 26.2 Å². The second-order valence-electron chi connectivity index (χ2n) is 1.50. The van der Waals surface area contributed by atoms with E-state index in [9.17, 15) is 4.79 Å². The Morgan fingerprint density at radius 2 is 2.12 bits per heavy atom. The van der Waals surface area contributed by atoms with Crippen LogP contribution in [0.15, 0.2) is 0 Å². The molecule has 0 heterocycles. The molecule has 0 amide bonds. The predicted molar refractivity (Wildman–Crippen MR) is 27.2 cm³/mol. The first-order chi connectivity index (χ1) is 3.27. The molecule has 1 N–H and O–H groups in total. The quantitative estimate of drug-likeness (QED) is 0.704.